The molecule has 1 unspecified atom stereocenters. The molecule has 3 N–H and O–H groups in total. The number of piperazine rings is 1. The first kappa shape index (κ1) is 13.2. The van der Waals surface area contributed by atoms with Gasteiger partial charge in [-0.3, -0.25) is 4.90 Å². The Morgan fingerprint density at radius 2 is 1.88 bits per heavy atom. The van der Waals surface area contributed by atoms with E-state index in [0.29, 0.717) is 25.7 Å². The maximum Gasteiger partial charge on any atom is 0.279 e. The molecular weight excluding hydrogens is 240 g/mol. The van der Waals surface area contributed by atoms with Crippen LogP contribution in [0, 0.1) is 0 Å². The zero-order valence-electron chi connectivity index (χ0n) is 10.3. The molecule has 6 nitrogen and oxygen atoms in total. The van der Waals surface area contributed by atoms with E-state index in [1.54, 1.807) is 4.31 Å². The Bertz CT molecular complexity index is 347. The Kier molecular flexibility index (Phi) is 4.04. The monoisotopic (exact) mass is 262 g/mol. The average Bonchev–Trinajstić information content (AvgIpc) is 3.11. The number of nitrogens with two attached hydrogens (primary N) is 1. The molecule has 0 aromatic heterocycles. The maximum atomic E-state index is 12.0. The van der Waals surface area contributed by atoms with Crippen LogP contribution < -0.4 is 10.5 Å². The van der Waals surface area contributed by atoms with Gasteiger partial charge in [-0.15, -0.1) is 0 Å². The standard InChI is InChI=1S/C10H22N4O2S/c1-9(8-11)13-4-6-14(7-5-13)17(15,16)12-10-2-3-10/h9-10,12H,2-8,11H2,1H3. The molecule has 7 heteroatoms. The van der Waals surface area contributed by atoms with Gasteiger partial charge in [0, 0.05) is 44.8 Å². The average molecular weight is 262 g/mol. The van der Waals surface area contributed by atoms with E-state index in [9.17, 15) is 8.42 Å². The summed E-state index contributed by atoms with van der Waals surface area (Å²) in [5, 5.41) is 0. The van der Waals surface area contributed by atoms with Crippen molar-refractivity contribution in [2.45, 2.75) is 31.8 Å². The lowest BCUT2D eigenvalue weighted by Crippen LogP contribution is -2.55. The van der Waals surface area contributed by atoms with Crippen LogP contribution in [0.4, 0.5) is 0 Å². The molecule has 1 aliphatic carbocycles. The predicted octanol–water partition coefficient (Wildman–Crippen LogP) is -1.05. The summed E-state index contributed by atoms with van der Waals surface area (Å²) in [5.41, 5.74) is 5.61. The van der Waals surface area contributed by atoms with Gasteiger partial charge in [-0.25, -0.2) is 0 Å². The van der Waals surface area contributed by atoms with Crippen molar-refractivity contribution in [3.8, 4) is 0 Å². The molecule has 2 rings (SSSR count). The molecule has 0 aromatic rings. The second kappa shape index (κ2) is 5.19. The number of nitrogens with zero attached hydrogens (tertiary/aromatic N) is 2. The minimum Gasteiger partial charge on any atom is -0.329 e. The van der Waals surface area contributed by atoms with Crippen LogP contribution in [0.2, 0.25) is 0 Å². The van der Waals surface area contributed by atoms with E-state index in [2.05, 4.69) is 16.5 Å². The van der Waals surface area contributed by atoms with Crippen molar-refractivity contribution in [2.75, 3.05) is 32.7 Å². The molecule has 2 fully saturated rings. The van der Waals surface area contributed by atoms with Gasteiger partial charge in [0.25, 0.3) is 10.2 Å². The third-order valence-electron chi connectivity index (χ3n) is 3.47. The predicted molar refractivity (Wildman–Crippen MR) is 66.7 cm³/mol. The van der Waals surface area contributed by atoms with Crippen LogP contribution in [0.15, 0.2) is 0 Å². The zero-order valence-corrected chi connectivity index (χ0v) is 11.1. The van der Waals surface area contributed by atoms with E-state index in [1.165, 1.54) is 0 Å². The summed E-state index contributed by atoms with van der Waals surface area (Å²) >= 11 is 0. The van der Waals surface area contributed by atoms with Gasteiger partial charge in [0.15, 0.2) is 0 Å². The molecular formula is C10H22N4O2S. The molecule has 1 atom stereocenters. The number of hydrogen-bond donors (Lipinski definition) is 2. The van der Waals surface area contributed by atoms with Crippen LogP contribution in [0.5, 0.6) is 0 Å². The molecule has 17 heavy (non-hydrogen) atoms. The molecule has 0 bridgehead atoms. The second-order valence-electron chi connectivity index (χ2n) is 4.92. The highest BCUT2D eigenvalue weighted by Crippen LogP contribution is 2.21. The lowest BCUT2D eigenvalue weighted by atomic mass is 10.2. The van der Waals surface area contributed by atoms with E-state index in [4.69, 9.17) is 5.73 Å². The fourth-order valence-corrected chi connectivity index (χ4v) is 3.47. The van der Waals surface area contributed by atoms with E-state index < -0.39 is 10.2 Å². The summed E-state index contributed by atoms with van der Waals surface area (Å²) in [4.78, 5) is 2.24. The first-order valence-corrected chi connectivity index (χ1v) is 7.68. The van der Waals surface area contributed by atoms with Gasteiger partial charge in [0.05, 0.1) is 0 Å². The molecule has 1 heterocycles. The highest BCUT2D eigenvalue weighted by atomic mass is 32.2. The number of hydrogen-bond acceptors (Lipinski definition) is 4. The fraction of sp³-hybridized carbons (Fsp3) is 1.00. The molecule has 1 aliphatic heterocycles. The van der Waals surface area contributed by atoms with Gasteiger partial charge < -0.3 is 5.73 Å². The Morgan fingerprint density at radius 1 is 1.29 bits per heavy atom. The van der Waals surface area contributed by atoms with Crippen LogP contribution in [0.1, 0.15) is 19.8 Å². The van der Waals surface area contributed by atoms with E-state index in [-0.39, 0.29) is 6.04 Å². The second-order valence-corrected chi connectivity index (χ2v) is 6.62. The first-order valence-electron chi connectivity index (χ1n) is 6.24. The van der Waals surface area contributed by atoms with Gasteiger partial charge in [0.1, 0.15) is 0 Å². The normalized spacial score (nSPS) is 26.0. The Labute approximate surface area is 103 Å². The third-order valence-corrected chi connectivity index (χ3v) is 5.15. The van der Waals surface area contributed by atoms with Crippen molar-refractivity contribution in [3.63, 3.8) is 0 Å². The zero-order chi connectivity index (χ0) is 12.5. The molecule has 0 radical (unpaired) electrons. The third kappa shape index (κ3) is 3.38. The summed E-state index contributed by atoms with van der Waals surface area (Å²) in [5.74, 6) is 0. The van der Waals surface area contributed by atoms with Crippen LogP contribution >= 0.6 is 0 Å². The number of rotatable bonds is 5. The lowest BCUT2D eigenvalue weighted by molar-refractivity contribution is 0.148. The highest BCUT2D eigenvalue weighted by molar-refractivity contribution is 7.87. The summed E-state index contributed by atoms with van der Waals surface area (Å²) in [6.45, 7) is 5.35. The molecule has 1 saturated carbocycles. The summed E-state index contributed by atoms with van der Waals surface area (Å²) in [6.07, 6.45) is 1.95. The lowest BCUT2D eigenvalue weighted by Gasteiger charge is -2.36. The fourth-order valence-electron chi connectivity index (χ4n) is 2.02. The Morgan fingerprint density at radius 3 is 2.35 bits per heavy atom. The van der Waals surface area contributed by atoms with E-state index >= 15 is 0 Å². The minimum absolute atomic E-state index is 0.181. The van der Waals surface area contributed by atoms with Crippen LogP contribution in [-0.4, -0.2) is 62.4 Å². The summed E-state index contributed by atoms with van der Waals surface area (Å²) in [6, 6.07) is 0.511. The van der Waals surface area contributed by atoms with Crippen LogP contribution in [-0.2, 0) is 10.2 Å². The topological polar surface area (TPSA) is 78.7 Å². The molecule has 0 aromatic carbocycles. The molecule has 2 aliphatic rings. The van der Waals surface area contributed by atoms with E-state index in [0.717, 1.165) is 25.9 Å². The number of nitrogens with one attached hydrogen (secondary N) is 1. The molecule has 100 valence electrons. The summed E-state index contributed by atoms with van der Waals surface area (Å²) < 4.78 is 28.2. The molecule has 0 amide bonds. The van der Waals surface area contributed by atoms with Crippen molar-refractivity contribution in [2.24, 2.45) is 5.73 Å². The molecule has 0 spiro atoms. The summed E-state index contributed by atoms with van der Waals surface area (Å²) in [7, 11) is -3.25. The van der Waals surface area contributed by atoms with Crippen LogP contribution in [0.3, 0.4) is 0 Å². The first-order chi connectivity index (χ1) is 8.03. The van der Waals surface area contributed by atoms with Crippen LogP contribution in [0.25, 0.3) is 0 Å². The van der Waals surface area contributed by atoms with Gasteiger partial charge in [-0.05, 0) is 19.8 Å². The smallest absolute Gasteiger partial charge is 0.279 e. The highest BCUT2D eigenvalue weighted by Gasteiger charge is 2.33. The van der Waals surface area contributed by atoms with Gasteiger partial charge in [-0.2, -0.15) is 17.4 Å². The van der Waals surface area contributed by atoms with Gasteiger partial charge >= 0.3 is 0 Å². The maximum absolute atomic E-state index is 12.0. The largest absolute Gasteiger partial charge is 0.329 e. The van der Waals surface area contributed by atoms with E-state index in [1.807, 2.05) is 0 Å². The van der Waals surface area contributed by atoms with Crippen molar-refractivity contribution in [3.05, 3.63) is 0 Å². The quantitative estimate of drug-likeness (QED) is 0.662. The van der Waals surface area contributed by atoms with Crippen molar-refractivity contribution >= 4 is 10.2 Å². The SMILES string of the molecule is CC(CN)N1CCN(S(=O)(=O)NC2CC2)CC1. The van der Waals surface area contributed by atoms with Crippen molar-refractivity contribution in [1.82, 2.24) is 13.9 Å². The van der Waals surface area contributed by atoms with Gasteiger partial charge in [-0.1, -0.05) is 0 Å². The minimum atomic E-state index is -3.25. The Hall–Kier alpha value is -0.210. The van der Waals surface area contributed by atoms with Crippen molar-refractivity contribution in [1.29, 1.82) is 0 Å². The Balaban J connectivity index is 1.85. The van der Waals surface area contributed by atoms with Crippen molar-refractivity contribution < 1.29 is 8.42 Å². The molecule has 1 saturated heterocycles. The van der Waals surface area contributed by atoms with Gasteiger partial charge in [0.2, 0.25) is 0 Å².